The lowest BCUT2D eigenvalue weighted by Gasteiger charge is -2.43. The van der Waals surface area contributed by atoms with E-state index in [-0.39, 0.29) is 5.41 Å². The Kier molecular flexibility index (Phi) is 3.71. The van der Waals surface area contributed by atoms with Crippen molar-refractivity contribution in [2.75, 3.05) is 32.8 Å². The molecule has 2 aliphatic heterocycles. The lowest BCUT2D eigenvalue weighted by Crippen LogP contribution is -2.47. The molecule has 3 heteroatoms. The molecule has 0 radical (unpaired) electrons. The van der Waals surface area contributed by atoms with Crippen LogP contribution in [-0.4, -0.2) is 44.0 Å². The third kappa shape index (κ3) is 2.48. The molecule has 0 aromatic heterocycles. The summed E-state index contributed by atoms with van der Waals surface area (Å²) < 4.78 is 5.44. The van der Waals surface area contributed by atoms with Gasteiger partial charge in [-0.15, -0.1) is 0 Å². The van der Waals surface area contributed by atoms with E-state index in [2.05, 4.69) is 4.90 Å². The zero-order valence-electron chi connectivity index (χ0n) is 11.3. The van der Waals surface area contributed by atoms with Crippen LogP contribution in [0.5, 0.6) is 0 Å². The fraction of sp³-hybridized carbons (Fsp3) is 0.933. The first-order valence-electron chi connectivity index (χ1n) is 7.58. The van der Waals surface area contributed by atoms with E-state index >= 15 is 0 Å². The maximum absolute atomic E-state index is 11.4. The minimum Gasteiger partial charge on any atom is -0.380 e. The van der Waals surface area contributed by atoms with Gasteiger partial charge in [-0.1, -0.05) is 19.3 Å². The smallest absolute Gasteiger partial charge is 0.129 e. The Labute approximate surface area is 110 Å². The van der Waals surface area contributed by atoms with Gasteiger partial charge in [0.25, 0.3) is 0 Å². The summed E-state index contributed by atoms with van der Waals surface area (Å²) in [5.41, 5.74) is -0.193. The standard InChI is InChI=1S/C15H25NO2/c17-11-15(6-8-18-12-15)10-16-7-5-13-3-1-2-4-14(13)9-16/h11,13-14H,1-10,12H2. The predicted molar refractivity (Wildman–Crippen MR) is 70.4 cm³/mol. The SMILES string of the molecule is O=CC1(CN2CCC3CCCCC3C2)CCOC1. The number of rotatable bonds is 3. The number of fused-ring (bicyclic) bond motifs is 1. The van der Waals surface area contributed by atoms with Crippen molar-refractivity contribution in [2.24, 2.45) is 17.3 Å². The highest BCUT2D eigenvalue weighted by molar-refractivity contribution is 5.60. The zero-order valence-corrected chi connectivity index (χ0v) is 11.3. The predicted octanol–water partition coefficient (Wildman–Crippen LogP) is 2.10. The quantitative estimate of drug-likeness (QED) is 0.719. The van der Waals surface area contributed by atoms with Crippen LogP contribution in [0, 0.1) is 17.3 Å². The molecule has 3 rings (SSSR count). The number of carbonyl (C=O) groups is 1. The van der Waals surface area contributed by atoms with Crippen LogP contribution in [0.15, 0.2) is 0 Å². The molecule has 1 aliphatic carbocycles. The van der Waals surface area contributed by atoms with Crippen molar-refractivity contribution in [1.82, 2.24) is 4.90 Å². The Morgan fingerprint density at radius 2 is 2.06 bits per heavy atom. The van der Waals surface area contributed by atoms with E-state index < -0.39 is 0 Å². The summed E-state index contributed by atoms with van der Waals surface area (Å²) in [6.07, 6.45) is 9.13. The van der Waals surface area contributed by atoms with Crippen LogP contribution in [0.25, 0.3) is 0 Å². The van der Waals surface area contributed by atoms with E-state index in [9.17, 15) is 4.79 Å². The van der Waals surface area contributed by atoms with E-state index in [1.54, 1.807) is 0 Å². The highest BCUT2D eigenvalue weighted by atomic mass is 16.5. The number of ether oxygens (including phenoxy) is 1. The highest BCUT2D eigenvalue weighted by Crippen LogP contribution is 2.37. The van der Waals surface area contributed by atoms with Crippen LogP contribution in [0.2, 0.25) is 0 Å². The Hall–Kier alpha value is -0.410. The molecule has 1 saturated carbocycles. The molecule has 2 heterocycles. The van der Waals surface area contributed by atoms with Crippen molar-refractivity contribution in [2.45, 2.75) is 38.5 Å². The van der Waals surface area contributed by atoms with Crippen molar-refractivity contribution in [3.8, 4) is 0 Å². The van der Waals surface area contributed by atoms with Gasteiger partial charge < -0.3 is 14.4 Å². The Bertz CT molecular complexity index is 299. The first-order valence-corrected chi connectivity index (χ1v) is 7.58. The monoisotopic (exact) mass is 251 g/mol. The van der Waals surface area contributed by atoms with Gasteiger partial charge in [-0.05, 0) is 37.6 Å². The van der Waals surface area contributed by atoms with Gasteiger partial charge in [-0.25, -0.2) is 0 Å². The van der Waals surface area contributed by atoms with Crippen LogP contribution in [0.1, 0.15) is 38.5 Å². The van der Waals surface area contributed by atoms with Gasteiger partial charge in [0.1, 0.15) is 6.29 Å². The second kappa shape index (κ2) is 5.30. The molecular formula is C15H25NO2. The molecule has 102 valence electrons. The van der Waals surface area contributed by atoms with Gasteiger partial charge in [0.15, 0.2) is 0 Å². The summed E-state index contributed by atoms with van der Waals surface area (Å²) in [7, 11) is 0. The molecule has 3 atom stereocenters. The summed E-state index contributed by atoms with van der Waals surface area (Å²) in [5.74, 6) is 1.88. The van der Waals surface area contributed by atoms with Gasteiger partial charge >= 0.3 is 0 Å². The average Bonchev–Trinajstić information content (AvgIpc) is 2.88. The zero-order chi connectivity index (χ0) is 12.4. The molecule has 0 amide bonds. The van der Waals surface area contributed by atoms with Gasteiger partial charge in [-0.2, -0.15) is 0 Å². The molecule has 18 heavy (non-hydrogen) atoms. The van der Waals surface area contributed by atoms with Gasteiger partial charge in [-0.3, -0.25) is 0 Å². The summed E-state index contributed by atoms with van der Waals surface area (Å²) in [6.45, 7) is 4.75. The summed E-state index contributed by atoms with van der Waals surface area (Å²) >= 11 is 0. The Balaban J connectivity index is 1.58. The number of aldehydes is 1. The summed E-state index contributed by atoms with van der Waals surface area (Å²) in [5, 5.41) is 0. The maximum atomic E-state index is 11.4. The first-order chi connectivity index (χ1) is 8.81. The number of carbonyl (C=O) groups excluding carboxylic acids is 1. The second-order valence-electron chi connectivity index (χ2n) is 6.61. The Morgan fingerprint density at radius 1 is 1.22 bits per heavy atom. The van der Waals surface area contributed by atoms with E-state index in [1.807, 2.05) is 0 Å². The lowest BCUT2D eigenvalue weighted by molar-refractivity contribution is -0.117. The van der Waals surface area contributed by atoms with Gasteiger partial charge in [0, 0.05) is 19.7 Å². The Morgan fingerprint density at radius 3 is 2.78 bits per heavy atom. The topological polar surface area (TPSA) is 29.5 Å². The van der Waals surface area contributed by atoms with Crippen molar-refractivity contribution >= 4 is 6.29 Å². The average molecular weight is 251 g/mol. The lowest BCUT2D eigenvalue weighted by atomic mass is 9.74. The van der Waals surface area contributed by atoms with Crippen LogP contribution in [0.4, 0.5) is 0 Å². The van der Waals surface area contributed by atoms with E-state index in [4.69, 9.17) is 4.74 Å². The van der Waals surface area contributed by atoms with Crippen molar-refractivity contribution < 1.29 is 9.53 Å². The fourth-order valence-electron chi connectivity index (χ4n) is 4.14. The molecule has 3 fully saturated rings. The van der Waals surface area contributed by atoms with Crippen molar-refractivity contribution in [3.05, 3.63) is 0 Å². The number of hydrogen-bond donors (Lipinski definition) is 0. The number of hydrogen-bond acceptors (Lipinski definition) is 3. The third-order valence-corrected chi connectivity index (χ3v) is 5.30. The highest BCUT2D eigenvalue weighted by Gasteiger charge is 2.39. The van der Waals surface area contributed by atoms with Crippen LogP contribution < -0.4 is 0 Å². The molecule has 3 nitrogen and oxygen atoms in total. The van der Waals surface area contributed by atoms with Crippen LogP contribution in [0.3, 0.4) is 0 Å². The molecule has 0 N–H and O–H groups in total. The minimum atomic E-state index is -0.193. The molecule has 0 aromatic rings. The minimum absolute atomic E-state index is 0.193. The molecule has 0 spiro atoms. The molecule has 3 aliphatic rings. The second-order valence-corrected chi connectivity index (χ2v) is 6.61. The molecule has 3 unspecified atom stereocenters. The van der Waals surface area contributed by atoms with E-state index in [0.717, 1.165) is 37.7 Å². The number of likely N-dealkylation sites (tertiary alicyclic amines) is 1. The number of piperidine rings is 1. The maximum Gasteiger partial charge on any atom is 0.129 e. The molecule has 0 aromatic carbocycles. The van der Waals surface area contributed by atoms with E-state index in [0.29, 0.717) is 6.61 Å². The van der Waals surface area contributed by atoms with Gasteiger partial charge in [0.05, 0.1) is 12.0 Å². The van der Waals surface area contributed by atoms with Crippen molar-refractivity contribution in [1.29, 1.82) is 0 Å². The summed E-state index contributed by atoms with van der Waals surface area (Å²) in [6, 6.07) is 0. The summed E-state index contributed by atoms with van der Waals surface area (Å²) in [4.78, 5) is 13.9. The largest absolute Gasteiger partial charge is 0.380 e. The molecule has 2 saturated heterocycles. The molecule has 0 bridgehead atoms. The van der Waals surface area contributed by atoms with Crippen LogP contribution >= 0.6 is 0 Å². The normalized spacial score (nSPS) is 41.6. The first kappa shape index (κ1) is 12.6. The molecular weight excluding hydrogens is 226 g/mol. The van der Waals surface area contributed by atoms with Gasteiger partial charge in [0.2, 0.25) is 0 Å². The number of nitrogens with zero attached hydrogens (tertiary/aromatic N) is 1. The van der Waals surface area contributed by atoms with Crippen LogP contribution in [-0.2, 0) is 9.53 Å². The van der Waals surface area contributed by atoms with E-state index in [1.165, 1.54) is 45.2 Å². The fourth-order valence-corrected chi connectivity index (χ4v) is 4.14. The third-order valence-electron chi connectivity index (χ3n) is 5.30. The van der Waals surface area contributed by atoms with Crippen molar-refractivity contribution in [3.63, 3.8) is 0 Å².